The van der Waals surface area contributed by atoms with Crippen molar-refractivity contribution in [1.29, 1.82) is 0 Å². The van der Waals surface area contributed by atoms with Gasteiger partial charge in [-0.3, -0.25) is 0 Å². The molecule has 0 aliphatic carbocycles. The molecule has 3 heteroatoms. The lowest BCUT2D eigenvalue weighted by atomic mass is 10.1. The molecule has 0 aliphatic heterocycles. The Morgan fingerprint density at radius 3 is 2.36 bits per heavy atom. The zero-order valence-electron chi connectivity index (χ0n) is 6.45. The maximum absolute atomic E-state index is 5.49. The van der Waals surface area contributed by atoms with Crippen LogP contribution in [0.4, 0.5) is 0 Å². The highest BCUT2D eigenvalue weighted by Gasteiger charge is 2.04. The van der Waals surface area contributed by atoms with E-state index in [1.807, 2.05) is 24.3 Å². The molecule has 0 saturated carbocycles. The van der Waals surface area contributed by atoms with E-state index in [0.29, 0.717) is 0 Å². The first-order chi connectivity index (χ1) is 5.25. The van der Waals surface area contributed by atoms with Crippen molar-refractivity contribution in [2.45, 2.75) is 6.17 Å². The Hall–Kier alpha value is -1.06. The third-order valence-electron chi connectivity index (χ3n) is 1.50. The number of ether oxygens (including phenoxy) is 1. The van der Waals surface area contributed by atoms with Gasteiger partial charge in [0.1, 0.15) is 5.75 Å². The van der Waals surface area contributed by atoms with Crippen LogP contribution in [0, 0.1) is 0 Å². The molecule has 0 radical (unpaired) electrons. The van der Waals surface area contributed by atoms with Gasteiger partial charge in [-0.05, 0) is 6.07 Å². The van der Waals surface area contributed by atoms with Crippen LogP contribution in [0.1, 0.15) is 11.7 Å². The molecule has 1 rings (SSSR count). The van der Waals surface area contributed by atoms with Gasteiger partial charge in [-0.25, -0.2) is 0 Å². The van der Waals surface area contributed by atoms with E-state index >= 15 is 0 Å². The Labute approximate surface area is 66.0 Å². The van der Waals surface area contributed by atoms with Crippen molar-refractivity contribution < 1.29 is 4.74 Å². The van der Waals surface area contributed by atoms with Gasteiger partial charge >= 0.3 is 0 Å². The highest BCUT2D eigenvalue weighted by atomic mass is 16.5. The third-order valence-corrected chi connectivity index (χ3v) is 1.50. The molecule has 0 heterocycles. The summed E-state index contributed by atoms with van der Waals surface area (Å²) in [5.74, 6) is 0.738. The van der Waals surface area contributed by atoms with Gasteiger partial charge in [0.15, 0.2) is 0 Å². The molecule has 0 aromatic heterocycles. The van der Waals surface area contributed by atoms with Crippen molar-refractivity contribution >= 4 is 0 Å². The number of rotatable bonds is 2. The SMILES string of the molecule is COc1ccccc1C(N)N. The maximum Gasteiger partial charge on any atom is 0.124 e. The fourth-order valence-electron chi connectivity index (χ4n) is 0.942. The van der Waals surface area contributed by atoms with Crippen LogP contribution < -0.4 is 16.2 Å². The molecule has 4 N–H and O–H groups in total. The van der Waals surface area contributed by atoms with Crippen LogP contribution in [0.3, 0.4) is 0 Å². The molecule has 1 aromatic rings. The van der Waals surface area contributed by atoms with Gasteiger partial charge in [0.05, 0.1) is 13.3 Å². The smallest absolute Gasteiger partial charge is 0.124 e. The van der Waals surface area contributed by atoms with Crippen LogP contribution in [0.25, 0.3) is 0 Å². The summed E-state index contributed by atoms with van der Waals surface area (Å²) in [6, 6.07) is 7.45. The molecular formula is C8H12N2O. The van der Waals surface area contributed by atoms with Crippen molar-refractivity contribution in [3.05, 3.63) is 29.8 Å². The Morgan fingerprint density at radius 2 is 1.91 bits per heavy atom. The molecule has 0 aliphatic rings. The lowest BCUT2D eigenvalue weighted by Crippen LogP contribution is -2.20. The van der Waals surface area contributed by atoms with E-state index in [0.717, 1.165) is 11.3 Å². The van der Waals surface area contributed by atoms with Gasteiger partial charge < -0.3 is 16.2 Å². The standard InChI is InChI=1S/C8H12N2O/c1-11-7-5-3-2-4-6(7)8(9)10/h2-5,8H,9-10H2,1H3. The van der Waals surface area contributed by atoms with Crippen molar-refractivity contribution in [3.63, 3.8) is 0 Å². The van der Waals surface area contributed by atoms with E-state index in [2.05, 4.69) is 0 Å². The molecule has 3 nitrogen and oxygen atoms in total. The van der Waals surface area contributed by atoms with Crippen molar-refractivity contribution in [2.75, 3.05) is 7.11 Å². The lowest BCUT2D eigenvalue weighted by molar-refractivity contribution is 0.406. The third kappa shape index (κ3) is 1.69. The molecule has 0 fully saturated rings. The van der Waals surface area contributed by atoms with E-state index in [-0.39, 0.29) is 0 Å². The molecule has 0 saturated heterocycles. The molecule has 11 heavy (non-hydrogen) atoms. The minimum absolute atomic E-state index is 0.467. The van der Waals surface area contributed by atoms with E-state index < -0.39 is 6.17 Å². The van der Waals surface area contributed by atoms with Gasteiger partial charge in [0, 0.05) is 5.56 Å². The number of hydrogen-bond donors (Lipinski definition) is 2. The second kappa shape index (κ2) is 3.37. The molecule has 0 atom stereocenters. The van der Waals surface area contributed by atoms with Crippen LogP contribution in [0.15, 0.2) is 24.3 Å². The largest absolute Gasteiger partial charge is 0.496 e. The summed E-state index contributed by atoms with van der Waals surface area (Å²) in [6.07, 6.45) is -0.467. The second-order valence-corrected chi connectivity index (χ2v) is 2.27. The molecule has 0 bridgehead atoms. The maximum atomic E-state index is 5.49. The van der Waals surface area contributed by atoms with Gasteiger partial charge in [-0.1, -0.05) is 18.2 Å². The predicted octanol–water partition coefficient (Wildman–Crippen LogP) is 0.611. The van der Waals surface area contributed by atoms with E-state index in [1.165, 1.54) is 0 Å². The fraction of sp³-hybridized carbons (Fsp3) is 0.250. The summed E-state index contributed by atoms with van der Waals surface area (Å²) in [6.45, 7) is 0. The quantitative estimate of drug-likeness (QED) is 0.610. The Morgan fingerprint density at radius 1 is 1.27 bits per heavy atom. The summed E-state index contributed by atoms with van der Waals surface area (Å²) in [4.78, 5) is 0. The summed E-state index contributed by atoms with van der Waals surface area (Å²) >= 11 is 0. The minimum atomic E-state index is -0.467. The van der Waals surface area contributed by atoms with Crippen LogP contribution in [-0.2, 0) is 0 Å². The normalized spacial score (nSPS) is 10.2. The molecular weight excluding hydrogens is 140 g/mol. The zero-order valence-corrected chi connectivity index (χ0v) is 6.45. The summed E-state index contributed by atoms with van der Waals surface area (Å²) in [7, 11) is 1.60. The first-order valence-electron chi connectivity index (χ1n) is 3.40. The molecule has 60 valence electrons. The van der Waals surface area contributed by atoms with Gasteiger partial charge in [-0.2, -0.15) is 0 Å². The zero-order chi connectivity index (χ0) is 8.27. The fourth-order valence-corrected chi connectivity index (χ4v) is 0.942. The summed E-state index contributed by atoms with van der Waals surface area (Å²) < 4.78 is 5.05. The first-order valence-corrected chi connectivity index (χ1v) is 3.40. The minimum Gasteiger partial charge on any atom is -0.496 e. The first kappa shape index (κ1) is 8.04. The highest BCUT2D eigenvalue weighted by Crippen LogP contribution is 2.19. The van der Waals surface area contributed by atoms with E-state index in [1.54, 1.807) is 7.11 Å². The molecule has 0 unspecified atom stereocenters. The van der Waals surface area contributed by atoms with Crippen molar-refractivity contribution in [3.8, 4) is 5.75 Å². The Bertz CT molecular complexity index is 235. The lowest BCUT2D eigenvalue weighted by Gasteiger charge is -2.10. The van der Waals surface area contributed by atoms with Gasteiger partial charge in [0.25, 0.3) is 0 Å². The Balaban J connectivity index is 3.02. The Kier molecular flexibility index (Phi) is 2.46. The van der Waals surface area contributed by atoms with Crippen LogP contribution in [-0.4, -0.2) is 7.11 Å². The predicted molar refractivity (Wildman–Crippen MR) is 44.1 cm³/mol. The number of nitrogens with two attached hydrogens (primary N) is 2. The molecule has 0 spiro atoms. The number of para-hydroxylation sites is 1. The molecule has 1 aromatic carbocycles. The van der Waals surface area contributed by atoms with Crippen molar-refractivity contribution in [1.82, 2.24) is 0 Å². The average molecular weight is 152 g/mol. The monoisotopic (exact) mass is 152 g/mol. The van der Waals surface area contributed by atoms with Gasteiger partial charge in [-0.15, -0.1) is 0 Å². The topological polar surface area (TPSA) is 61.3 Å². The van der Waals surface area contributed by atoms with Crippen LogP contribution in [0.2, 0.25) is 0 Å². The molecule has 0 amide bonds. The van der Waals surface area contributed by atoms with Crippen LogP contribution in [0.5, 0.6) is 5.75 Å². The van der Waals surface area contributed by atoms with E-state index in [4.69, 9.17) is 16.2 Å². The van der Waals surface area contributed by atoms with Crippen LogP contribution >= 0.6 is 0 Å². The average Bonchev–Trinajstić information content (AvgIpc) is 2.04. The second-order valence-electron chi connectivity index (χ2n) is 2.27. The van der Waals surface area contributed by atoms with Gasteiger partial charge in [0.2, 0.25) is 0 Å². The number of methoxy groups -OCH3 is 1. The number of benzene rings is 1. The van der Waals surface area contributed by atoms with E-state index in [9.17, 15) is 0 Å². The number of hydrogen-bond acceptors (Lipinski definition) is 3. The summed E-state index contributed by atoms with van der Waals surface area (Å²) in [5.41, 5.74) is 11.8. The van der Waals surface area contributed by atoms with Crippen molar-refractivity contribution in [2.24, 2.45) is 11.5 Å². The summed E-state index contributed by atoms with van der Waals surface area (Å²) in [5, 5.41) is 0. The highest BCUT2D eigenvalue weighted by molar-refractivity contribution is 5.34.